The van der Waals surface area contributed by atoms with Crippen LogP contribution in [0.5, 0.6) is 0 Å². The molecule has 4 rings (SSSR count). The van der Waals surface area contributed by atoms with Crippen molar-refractivity contribution in [1.82, 2.24) is 4.31 Å². The average molecular weight is 481 g/mol. The van der Waals surface area contributed by atoms with Gasteiger partial charge in [-0.3, -0.25) is 4.79 Å². The molecule has 2 aromatic rings. The van der Waals surface area contributed by atoms with Crippen LogP contribution in [0.25, 0.3) is 0 Å². The van der Waals surface area contributed by atoms with Crippen LogP contribution in [-0.2, 0) is 19.9 Å². The summed E-state index contributed by atoms with van der Waals surface area (Å²) in [7, 11) is -6.58. The minimum absolute atomic E-state index is 0.0760. The minimum atomic E-state index is -3.58. The Balaban J connectivity index is 1.52. The van der Waals surface area contributed by atoms with Crippen molar-refractivity contribution >= 4 is 43.2 Å². The van der Waals surface area contributed by atoms with Gasteiger partial charge in [0.25, 0.3) is 5.91 Å². The molecular formula is C21H24N2O5S3. The van der Waals surface area contributed by atoms with Gasteiger partial charge in [0, 0.05) is 28.9 Å². The SMILES string of the molecule is O=C(Nc1cccc(S(=O)(=O)N2CCCC2)c1)c1ccccc1S[C@@H]1CCS(=O)(=O)C1. The highest BCUT2D eigenvalue weighted by Crippen LogP contribution is 2.33. The van der Waals surface area contributed by atoms with Crippen molar-refractivity contribution in [1.29, 1.82) is 0 Å². The van der Waals surface area contributed by atoms with E-state index in [0.717, 1.165) is 12.8 Å². The molecule has 1 atom stereocenters. The Morgan fingerprint density at radius 1 is 1.06 bits per heavy atom. The third-order valence-corrected chi connectivity index (χ3v) is 10.6. The second-order valence-electron chi connectivity index (χ2n) is 7.73. The Bertz CT molecular complexity index is 1190. The molecule has 1 amide bonds. The number of benzene rings is 2. The van der Waals surface area contributed by atoms with Gasteiger partial charge in [0.2, 0.25) is 10.0 Å². The molecule has 0 spiro atoms. The van der Waals surface area contributed by atoms with E-state index in [0.29, 0.717) is 35.7 Å². The van der Waals surface area contributed by atoms with Crippen molar-refractivity contribution in [3.05, 3.63) is 54.1 Å². The topological polar surface area (TPSA) is 101 Å². The van der Waals surface area contributed by atoms with E-state index in [1.807, 2.05) is 6.07 Å². The molecule has 0 unspecified atom stereocenters. The van der Waals surface area contributed by atoms with Gasteiger partial charge in [-0.25, -0.2) is 16.8 Å². The summed E-state index contributed by atoms with van der Waals surface area (Å²) >= 11 is 1.40. The van der Waals surface area contributed by atoms with Gasteiger partial charge in [-0.2, -0.15) is 4.31 Å². The Hall–Kier alpha value is -1.88. The van der Waals surface area contributed by atoms with Gasteiger partial charge in [-0.05, 0) is 49.6 Å². The molecule has 0 radical (unpaired) electrons. The number of sulfone groups is 1. The van der Waals surface area contributed by atoms with E-state index < -0.39 is 19.9 Å². The number of rotatable bonds is 6. The van der Waals surface area contributed by atoms with Crippen molar-refractivity contribution in [2.45, 2.75) is 34.3 Å². The van der Waals surface area contributed by atoms with Crippen molar-refractivity contribution in [2.24, 2.45) is 0 Å². The Morgan fingerprint density at radius 2 is 1.81 bits per heavy atom. The molecule has 2 aliphatic heterocycles. The number of carbonyl (C=O) groups is 1. The average Bonchev–Trinajstić information content (AvgIpc) is 3.39. The third-order valence-electron chi connectivity index (χ3n) is 5.41. The number of sulfonamides is 1. The molecule has 1 N–H and O–H groups in total. The van der Waals surface area contributed by atoms with Crippen LogP contribution in [0.3, 0.4) is 0 Å². The van der Waals surface area contributed by atoms with E-state index in [4.69, 9.17) is 0 Å². The summed E-state index contributed by atoms with van der Waals surface area (Å²) in [6.45, 7) is 1.03. The summed E-state index contributed by atoms with van der Waals surface area (Å²) in [6, 6.07) is 13.3. The van der Waals surface area contributed by atoms with Gasteiger partial charge in [0.1, 0.15) is 0 Å². The Morgan fingerprint density at radius 3 is 2.52 bits per heavy atom. The fourth-order valence-electron chi connectivity index (χ4n) is 3.80. The first kappa shape index (κ1) is 22.3. The first-order chi connectivity index (χ1) is 14.7. The van der Waals surface area contributed by atoms with Crippen LogP contribution in [0.15, 0.2) is 58.3 Å². The van der Waals surface area contributed by atoms with Crippen molar-refractivity contribution in [2.75, 3.05) is 29.9 Å². The van der Waals surface area contributed by atoms with Crippen LogP contribution in [0.4, 0.5) is 5.69 Å². The number of nitrogens with one attached hydrogen (secondary N) is 1. The van der Waals surface area contributed by atoms with E-state index in [9.17, 15) is 21.6 Å². The van der Waals surface area contributed by atoms with Crippen LogP contribution >= 0.6 is 11.8 Å². The van der Waals surface area contributed by atoms with Gasteiger partial charge in [0.15, 0.2) is 9.84 Å². The van der Waals surface area contributed by atoms with Gasteiger partial charge in [0.05, 0.1) is 22.0 Å². The van der Waals surface area contributed by atoms with E-state index in [1.54, 1.807) is 30.3 Å². The smallest absolute Gasteiger partial charge is 0.256 e. The number of hydrogen-bond acceptors (Lipinski definition) is 6. The number of amides is 1. The summed E-state index contributed by atoms with van der Waals surface area (Å²) in [4.78, 5) is 13.8. The lowest BCUT2D eigenvalue weighted by Gasteiger charge is -2.16. The van der Waals surface area contributed by atoms with Crippen LogP contribution in [0.2, 0.25) is 0 Å². The number of anilines is 1. The summed E-state index contributed by atoms with van der Waals surface area (Å²) in [5, 5.41) is 2.71. The van der Waals surface area contributed by atoms with Gasteiger partial charge >= 0.3 is 0 Å². The zero-order valence-corrected chi connectivity index (χ0v) is 19.3. The molecule has 10 heteroatoms. The molecule has 0 aliphatic carbocycles. The molecule has 2 fully saturated rings. The fraction of sp³-hybridized carbons (Fsp3) is 0.381. The highest BCUT2D eigenvalue weighted by molar-refractivity contribution is 8.02. The van der Waals surface area contributed by atoms with E-state index in [2.05, 4.69) is 5.32 Å². The Labute approximate surface area is 187 Å². The molecule has 0 bridgehead atoms. The second-order valence-corrected chi connectivity index (χ2v) is 13.2. The van der Waals surface area contributed by atoms with E-state index >= 15 is 0 Å². The van der Waals surface area contributed by atoms with Crippen molar-refractivity contribution in [3.63, 3.8) is 0 Å². The van der Waals surface area contributed by atoms with Gasteiger partial charge in [-0.1, -0.05) is 18.2 Å². The largest absolute Gasteiger partial charge is 0.322 e. The molecular weight excluding hydrogens is 456 g/mol. The number of nitrogens with zero attached hydrogens (tertiary/aromatic N) is 1. The maximum Gasteiger partial charge on any atom is 0.256 e. The van der Waals surface area contributed by atoms with Gasteiger partial charge < -0.3 is 5.32 Å². The minimum Gasteiger partial charge on any atom is -0.322 e. The molecule has 166 valence electrons. The van der Waals surface area contributed by atoms with Crippen LogP contribution in [0.1, 0.15) is 29.6 Å². The maximum absolute atomic E-state index is 13.0. The first-order valence-corrected chi connectivity index (χ1v) is 14.3. The zero-order valence-electron chi connectivity index (χ0n) is 16.9. The number of thioether (sulfide) groups is 1. The lowest BCUT2D eigenvalue weighted by atomic mass is 10.2. The highest BCUT2D eigenvalue weighted by atomic mass is 32.2. The quantitative estimate of drug-likeness (QED) is 0.682. The molecule has 2 heterocycles. The summed E-state index contributed by atoms with van der Waals surface area (Å²) in [5.41, 5.74) is 0.832. The van der Waals surface area contributed by atoms with Gasteiger partial charge in [-0.15, -0.1) is 11.8 Å². The van der Waals surface area contributed by atoms with Crippen molar-refractivity contribution in [3.8, 4) is 0 Å². The zero-order chi connectivity index (χ0) is 22.1. The number of carbonyl (C=O) groups excluding carboxylic acids is 1. The number of hydrogen-bond donors (Lipinski definition) is 1. The normalized spacial score (nSPS) is 21.2. The lowest BCUT2D eigenvalue weighted by Crippen LogP contribution is -2.27. The molecule has 2 saturated heterocycles. The summed E-state index contributed by atoms with van der Waals surface area (Å²) in [6.07, 6.45) is 2.28. The Kier molecular flexibility index (Phi) is 6.43. The van der Waals surface area contributed by atoms with Crippen LogP contribution < -0.4 is 5.32 Å². The first-order valence-electron chi connectivity index (χ1n) is 10.1. The monoisotopic (exact) mass is 480 g/mol. The fourth-order valence-corrected chi connectivity index (χ4v) is 8.99. The standard InChI is InChI=1S/C21H24N2O5S3/c24-21(19-8-1-2-9-20(19)29-17-10-13-30(25,26)15-17)22-16-6-5-7-18(14-16)31(27,28)23-11-3-4-12-23/h1-2,5-9,14,17H,3-4,10-13,15H2,(H,22,24)/t17-/m1/s1. The lowest BCUT2D eigenvalue weighted by molar-refractivity contribution is 0.102. The molecule has 7 nitrogen and oxygen atoms in total. The predicted octanol–water partition coefficient (Wildman–Crippen LogP) is 3.00. The maximum atomic E-state index is 13.0. The predicted molar refractivity (Wildman–Crippen MR) is 122 cm³/mol. The second kappa shape index (κ2) is 8.93. The molecule has 0 aromatic heterocycles. The molecule has 0 saturated carbocycles. The summed E-state index contributed by atoms with van der Waals surface area (Å²) in [5.74, 6) is -0.0684. The molecule has 2 aliphatic rings. The van der Waals surface area contributed by atoms with Crippen molar-refractivity contribution < 1.29 is 21.6 Å². The van der Waals surface area contributed by atoms with E-state index in [-0.39, 0.29) is 27.6 Å². The molecule has 2 aromatic carbocycles. The third kappa shape index (κ3) is 5.14. The van der Waals surface area contributed by atoms with E-state index in [1.165, 1.54) is 28.2 Å². The van der Waals surface area contributed by atoms with Crippen LogP contribution in [-0.4, -0.2) is 56.9 Å². The van der Waals surface area contributed by atoms with Crippen LogP contribution in [0, 0.1) is 0 Å². The highest BCUT2D eigenvalue weighted by Gasteiger charge is 2.30. The molecule has 31 heavy (non-hydrogen) atoms. The summed E-state index contributed by atoms with van der Waals surface area (Å²) < 4.78 is 50.6.